The molecule has 5 heteroatoms. The minimum absolute atomic E-state index is 0.256. The number of pyridine rings is 1. The van der Waals surface area contributed by atoms with Crippen LogP contribution in [0.25, 0.3) is 5.57 Å². The molecule has 2 N–H and O–H groups in total. The maximum absolute atomic E-state index is 5.81. The summed E-state index contributed by atoms with van der Waals surface area (Å²) in [5.74, 6) is 0.256. The predicted octanol–water partition coefficient (Wildman–Crippen LogP) is 3.92. The summed E-state index contributed by atoms with van der Waals surface area (Å²) >= 11 is 0. The van der Waals surface area contributed by atoms with E-state index in [1.54, 1.807) is 12.3 Å². The van der Waals surface area contributed by atoms with Gasteiger partial charge in [0.15, 0.2) is 5.84 Å². The van der Waals surface area contributed by atoms with Crippen molar-refractivity contribution in [2.24, 2.45) is 21.2 Å². The highest BCUT2D eigenvalue weighted by molar-refractivity contribution is 5.95. The van der Waals surface area contributed by atoms with E-state index in [1.807, 2.05) is 36.4 Å². The van der Waals surface area contributed by atoms with E-state index >= 15 is 0 Å². The second-order valence-electron chi connectivity index (χ2n) is 5.11. The van der Waals surface area contributed by atoms with Gasteiger partial charge in [0.25, 0.3) is 0 Å². The molecule has 1 aliphatic carbocycles. The highest BCUT2D eigenvalue weighted by Gasteiger charge is 2.07. The summed E-state index contributed by atoms with van der Waals surface area (Å²) in [6.45, 7) is 0. The highest BCUT2D eigenvalue weighted by Crippen LogP contribution is 2.27. The Bertz CT molecular complexity index is 774. The minimum Gasteiger partial charge on any atom is -0.380 e. The molecule has 114 valence electrons. The molecule has 5 nitrogen and oxygen atoms in total. The maximum Gasteiger partial charge on any atom is 0.173 e. The maximum atomic E-state index is 5.81. The Labute approximate surface area is 135 Å². The molecule has 0 unspecified atom stereocenters. The molecule has 1 heterocycles. The summed E-state index contributed by atoms with van der Waals surface area (Å²) < 4.78 is 0. The van der Waals surface area contributed by atoms with Gasteiger partial charge in [0.05, 0.1) is 5.70 Å². The van der Waals surface area contributed by atoms with Gasteiger partial charge in [-0.15, -0.1) is 10.2 Å². The van der Waals surface area contributed by atoms with Crippen LogP contribution in [0.3, 0.4) is 0 Å². The van der Waals surface area contributed by atoms with E-state index in [1.165, 1.54) is 11.1 Å². The first-order valence-corrected chi connectivity index (χ1v) is 7.43. The van der Waals surface area contributed by atoms with Crippen LogP contribution in [-0.2, 0) is 0 Å². The van der Waals surface area contributed by atoms with Gasteiger partial charge < -0.3 is 5.73 Å². The van der Waals surface area contributed by atoms with Crippen LogP contribution in [0.2, 0.25) is 0 Å². The molecule has 0 spiro atoms. The van der Waals surface area contributed by atoms with Gasteiger partial charge in [-0.1, -0.05) is 42.5 Å². The molecule has 0 saturated heterocycles. The summed E-state index contributed by atoms with van der Waals surface area (Å²) in [7, 11) is 0. The van der Waals surface area contributed by atoms with Crippen molar-refractivity contribution in [1.29, 1.82) is 0 Å². The van der Waals surface area contributed by atoms with Gasteiger partial charge in [0.1, 0.15) is 5.69 Å². The fraction of sp³-hybridized carbons (Fsp3) is 0.111. The van der Waals surface area contributed by atoms with Gasteiger partial charge in [0.2, 0.25) is 0 Å². The number of amidine groups is 1. The van der Waals surface area contributed by atoms with E-state index in [9.17, 15) is 0 Å². The second-order valence-corrected chi connectivity index (χ2v) is 5.11. The lowest BCUT2D eigenvalue weighted by molar-refractivity contribution is 0.891. The molecule has 2 aromatic rings. The van der Waals surface area contributed by atoms with E-state index in [4.69, 9.17) is 5.73 Å². The van der Waals surface area contributed by atoms with Crippen LogP contribution in [0.4, 0.5) is 0 Å². The smallest absolute Gasteiger partial charge is 0.173 e. The van der Waals surface area contributed by atoms with Gasteiger partial charge in [0, 0.05) is 6.20 Å². The van der Waals surface area contributed by atoms with Gasteiger partial charge in [-0.05, 0) is 47.4 Å². The molecule has 0 atom stereocenters. The number of aromatic nitrogens is 1. The van der Waals surface area contributed by atoms with Crippen molar-refractivity contribution in [1.82, 2.24) is 4.98 Å². The lowest BCUT2D eigenvalue weighted by atomic mass is 9.96. The average Bonchev–Trinajstić information content (AvgIpc) is 2.64. The van der Waals surface area contributed by atoms with Gasteiger partial charge >= 0.3 is 0 Å². The van der Waals surface area contributed by atoms with E-state index in [0.29, 0.717) is 5.69 Å². The Morgan fingerprint density at radius 2 is 1.78 bits per heavy atom. The normalized spacial score (nSPS) is 15.4. The summed E-state index contributed by atoms with van der Waals surface area (Å²) in [6.07, 6.45) is 7.49. The number of nitrogens with two attached hydrogens (primary N) is 1. The summed E-state index contributed by atoms with van der Waals surface area (Å²) in [4.78, 5) is 4.11. The van der Waals surface area contributed by atoms with Crippen molar-refractivity contribution < 1.29 is 0 Å². The van der Waals surface area contributed by atoms with Crippen LogP contribution in [0.1, 0.15) is 24.1 Å². The molecule has 3 rings (SSSR count). The van der Waals surface area contributed by atoms with E-state index < -0.39 is 0 Å². The van der Waals surface area contributed by atoms with Crippen LogP contribution in [-0.4, -0.2) is 10.8 Å². The van der Waals surface area contributed by atoms with Gasteiger partial charge in [-0.3, -0.25) is 4.98 Å². The quantitative estimate of drug-likeness (QED) is 0.402. The Morgan fingerprint density at radius 3 is 2.48 bits per heavy atom. The Kier molecular flexibility index (Phi) is 4.69. The van der Waals surface area contributed by atoms with Crippen LogP contribution < -0.4 is 5.73 Å². The van der Waals surface area contributed by atoms with Crippen molar-refractivity contribution in [3.05, 3.63) is 83.8 Å². The summed E-state index contributed by atoms with van der Waals surface area (Å²) in [6, 6.07) is 15.8. The summed E-state index contributed by atoms with van der Waals surface area (Å²) in [5.41, 5.74) is 9.85. The van der Waals surface area contributed by atoms with Gasteiger partial charge in [-0.2, -0.15) is 0 Å². The minimum atomic E-state index is 0.256. The first-order valence-electron chi connectivity index (χ1n) is 7.43. The standard InChI is InChI=1S/C18H17N5/c19-18(17-8-4-5-13-20-17)22-23-21-16-11-9-15(10-12-16)14-6-2-1-3-7-14/h1-9,11,13H,10,12H2,(H2,19,21,22). The number of benzene rings is 1. The van der Waals surface area contributed by atoms with Crippen molar-refractivity contribution in [2.75, 3.05) is 0 Å². The highest BCUT2D eigenvalue weighted by atomic mass is 15.4. The van der Waals surface area contributed by atoms with Crippen molar-refractivity contribution >= 4 is 11.4 Å². The molecule has 0 aliphatic heterocycles. The average molecular weight is 303 g/mol. The third kappa shape index (κ3) is 3.97. The monoisotopic (exact) mass is 303 g/mol. The Hall–Kier alpha value is -3.08. The molecular weight excluding hydrogens is 286 g/mol. The largest absolute Gasteiger partial charge is 0.380 e. The topological polar surface area (TPSA) is 76.0 Å². The SMILES string of the molecule is NC(=NN=NC1=CC=C(c2ccccc2)CC1)c1ccccn1. The van der Waals surface area contributed by atoms with Crippen molar-refractivity contribution in [3.63, 3.8) is 0 Å². The fourth-order valence-electron chi connectivity index (χ4n) is 2.30. The molecule has 0 amide bonds. The molecule has 0 radical (unpaired) electrons. The zero-order valence-corrected chi connectivity index (χ0v) is 12.6. The number of allylic oxidation sites excluding steroid dienone is 4. The second kappa shape index (κ2) is 7.26. The third-order valence-corrected chi connectivity index (χ3v) is 3.52. The zero-order chi connectivity index (χ0) is 15.9. The van der Waals surface area contributed by atoms with E-state index in [-0.39, 0.29) is 5.84 Å². The van der Waals surface area contributed by atoms with Crippen molar-refractivity contribution in [2.45, 2.75) is 12.8 Å². The Morgan fingerprint density at radius 1 is 0.957 bits per heavy atom. The number of hydrogen-bond donors (Lipinski definition) is 1. The number of hydrogen-bond acceptors (Lipinski definition) is 3. The van der Waals surface area contributed by atoms with E-state index in [0.717, 1.165) is 18.5 Å². The molecule has 0 bridgehead atoms. The number of nitrogens with zero attached hydrogens (tertiary/aromatic N) is 4. The zero-order valence-electron chi connectivity index (χ0n) is 12.6. The lowest BCUT2D eigenvalue weighted by Crippen LogP contribution is -2.13. The molecule has 1 aliphatic rings. The van der Waals surface area contributed by atoms with Crippen LogP contribution >= 0.6 is 0 Å². The predicted molar refractivity (Wildman–Crippen MR) is 91.6 cm³/mol. The molecular formula is C18H17N5. The lowest BCUT2D eigenvalue weighted by Gasteiger charge is -2.11. The number of rotatable bonds is 4. The summed E-state index contributed by atoms with van der Waals surface area (Å²) in [5, 5.41) is 11.8. The molecule has 23 heavy (non-hydrogen) atoms. The van der Waals surface area contributed by atoms with Crippen LogP contribution in [0.15, 0.2) is 88.0 Å². The molecule has 1 aromatic heterocycles. The fourth-order valence-corrected chi connectivity index (χ4v) is 2.30. The molecule has 1 aromatic carbocycles. The van der Waals surface area contributed by atoms with Crippen LogP contribution in [0, 0.1) is 0 Å². The Balaban J connectivity index is 1.67. The van der Waals surface area contributed by atoms with Crippen molar-refractivity contribution in [3.8, 4) is 0 Å². The molecule has 0 saturated carbocycles. The van der Waals surface area contributed by atoms with Gasteiger partial charge in [-0.25, -0.2) is 0 Å². The van der Waals surface area contributed by atoms with E-state index in [2.05, 4.69) is 38.6 Å². The third-order valence-electron chi connectivity index (χ3n) is 3.52. The first kappa shape index (κ1) is 14.8. The molecule has 0 fully saturated rings. The first-order chi connectivity index (χ1) is 11.3. The van der Waals surface area contributed by atoms with Crippen LogP contribution in [0.5, 0.6) is 0 Å².